The van der Waals surface area contributed by atoms with Crippen LogP contribution in [0.5, 0.6) is 0 Å². The van der Waals surface area contributed by atoms with E-state index < -0.39 is 11.6 Å². The lowest BCUT2D eigenvalue weighted by atomic mass is 10.1. The summed E-state index contributed by atoms with van der Waals surface area (Å²) in [5, 5.41) is 2.79. The number of pyridine rings is 1. The van der Waals surface area contributed by atoms with Gasteiger partial charge in [-0.2, -0.15) is 0 Å². The Balaban J connectivity index is 2.41. The number of carbonyl (C=O) groups is 1. The number of benzene rings is 1. The van der Waals surface area contributed by atoms with Gasteiger partial charge >= 0.3 is 0 Å². The molecule has 0 spiro atoms. The molecule has 2 rings (SSSR count). The third kappa shape index (κ3) is 2.43. The molecule has 0 saturated heterocycles. The second-order valence-corrected chi connectivity index (χ2v) is 3.73. The SMILES string of the molecule is NCCNC(=O)c1cnc2c(F)cc(F)cc2c1. The summed E-state index contributed by atoms with van der Waals surface area (Å²) in [4.78, 5) is 15.4. The lowest BCUT2D eigenvalue weighted by Gasteiger charge is -2.05. The van der Waals surface area contributed by atoms with Crippen molar-refractivity contribution in [1.29, 1.82) is 0 Å². The molecule has 4 nitrogen and oxygen atoms in total. The summed E-state index contributed by atoms with van der Waals surface area (Å²) in [5.41, 5.74) is 5.53. The van der Waals surface area contributed by atoms with Gasteiger partial charge in [0, 0.05) is 30.7 Å². The molecule has 0 aliphatic rings. The number of hydrogen-bond acceptors (Lipinski definition) is 3. The Bertz CT molecular complexity index is 601. The topological polar surface area (TPSA) is 68.0 Å². The Morgan fingerprint density at radius 1 is 1.33 bits per heavy atom. The molecule has 1 heterocycles. The van der Waals surface area contributed by atoms with Gasteiger partial charge in [0.1, 0.15) is 11.3 Å². The zero-order valence-corrected chi connectivity index (χ0v) is 9.41. The molecule has 1 amide bonds. The molecule has 1 aromatic carbocycles. The minimum Gasteiger partial charge on any atom is -0.351 e. The molecule has 1 aromatic heterocycles. The fourth-order valence-electron chi connectivity index (χ4n) is 1.58. The molecule has 0 radical (unpaired) electrons. The van der Waals surface area contributed by atoms with E-state index in [1.807, 2.05) is 0 Å². The van der Waals surface area contributed by atoms with E-state index in [1.54, 1.807) is 0 Å². The van der Waals surface area contributed by atoms with Gasteiger partial charge in [0.15, 0.2) is 5.82 Å². The monoisotopic (exact) mass is 251 g/mol. The number of amides is 1. The van der Waals surface area contributed by atoms with Crippen LogP contribution in [0.15, 0.2) is 24.4 Å². The highest BCUT2D eigenvalue weighted by Gasteiger charge is 2.10. The molecular weight excluding hydrogens is 240 g/mol. The molecular formula is C12H11F2N3O. The number of halogens is 2. The number of carbonyl (C=O) groups excluding carboxylic acids is 1. The number of nitrogens with one attached hydrogen (secondary N) is 1. The minimum atomic E-state index is -0.751. The van der Waals surface area contributed by atoms with E-state index in [0.29, 0.717) is 13.1 Å². The Morgan fingerprint density at radius 2 is 2.11 bits per heavy atom. The Morgan fingerprint density at radius 3 is 2.83 bits per heavy atom. The largest absolute Gasteiger partial charge is 0.351 e. The third-order valence-electron chi connectivity index (χ3n) is 2.39. The molecule has 0 fully saturated rings. The zero-order chi connectivity index (χ0) is 13.1. The Labute approximate surface area is 102 Å². The number of nitrogens with zero attached hydrogens (tertiary/aromatic N) is 1. The van der Waals surface area contributed by atoms with Gasteiger partial charge in [0.05, 0.1) is 5.56 Å². The fraction of sp³-hybridized carbons (Fsp3) is 0.167. The van der Waals surface area contributed by atoms with Crippen LogP contribution in [0.4, 0.5) is 8.78 Å². The average molecular weight is 251 g/mol. The first-order valence-electron chi connectivity index (χ1n) is 5.35. The summed E-state index contributed by atoms with van der Waals surface area (Å²) in [5.74, 6) is -1.83. The van der Waals surface area contributed by atoms with Gasteiger partial charge in [0.25, 0.3) is 5.91 Å². The van der Waals surface area contributed by atoms with Crippen LogP contribution in [0.3, 0.4) is 0 Å². The number of rotatable bonds is 3. The van der Waals surface area contributed by atoms with Crippen molar-refractivity contribution in [2.24, 2.45) is 5.73 Å². The van der Waals surface area contributed by atoms with Crippen LogP contribution in [0, 0.1) is 11.6 Å². The Hall–Kier alpha value is -2.08. The predicted octanol–water partition coefficient (Wildman–Crippen LogP) is 1.20. The molecule has 94 valence electrons. The maximum absolute atomic E-state index is 13.4. The third-order valence-corrected chi connectivity index (χ3v) is 2.39. The van der Waals surface area contributed by atoms with Crippen LogP contribution in [0.2, 0.25) is 0 Å². The van der Waals surface area contributed by atoms with E-state index in [-0.39, 0.29) is 22.4 Å². The highest BCUT2D eigenvalue weighted by molar-refractivity contribution is 5.97. The lowest BCUT2D eigenvalue weighted by molar-refractivity contribution is 0.0954. The van der Waals surface area contributed by atoms with Crippen molar-refractivity contribution in [3.05, 3.63) is 41.6 Å². The van der Waals surface area contributed by atoms with Gasteiger partial charge in [-0.25, -0.2) is 8.78 Å². The van der Waals surface area contributed by atoms with E-state index in [1.165, 1.54) is 12.3 Å². The van der Waals surface area contributed by atoms with Crippen molar-refractivity contribution in [2.75, 3.05) is 13.1 Å². The van der Waals surface area contributed by atoms with Crippen LogP contribution in [0.1, 0.15) is 10.4 Å². The summed E-state index contributed by atoms with van der Waals surface area (Å²) in [6.07, 6.45) is 1.25. The van der Waals surface area contributed by atoms with Crippen LogP contribution in [-0.4, -0.2) is 24.0 Å². The number of aromatic nitrogens is 1. The van der Waals surface area contributed by atoms with Gasteiger partial charge in [-0.3, -0.25) is 9.78 Å². The molecule has 6 heteroatoms. The van der Waals surface area contributed by atoms with Crippen molar-refractivity contribution in [3.63, 3.8) is 0 Å². The fourth-order valence-corrected chi connectivity index (χ4v) is 1.58. The van der Waals surface area contributed by atoms with Gasteiger partial charge in [-0.05, 0) is 12.1 Å². The van der Waals surface area contributed by atoms with Gasteiger partial charge in [-0.1, -0.05) is 0 Å². The molecule has 2 aromatic rings. The molecule has 3 N–H and O–H groups in total. The summed E-state index contributed by atoms with van der Waals surface area (Å²) in [7, 11) is 0. The second kappa shape index (κ2) is 5.05. The van der Waals surface area contributed by atoms with Gasteiger partial charge in [-0.15, -0.1) is 0 Å². The lowest BCUT2D eigenvalue weighted by Crippen LogP contribution is -2.29. The van der Waals surface area contributed by atoms with Gasteiger partial charge in [0.2, 0.25) is 0 Å². The summed E-state index contributed by atoms with van der Waals surface area (Å²) < 4.78 is 26.4. The molecule has 0 saturated carbocycles. The van der Waals surface area contributed by atoms with Crippen molar-refractivity contribution in [1.82, 2.24) is 10.3 Å². The van der Waals surface area contributed by atoms with Crippen molar-refractivity contribution >= 4 is 16.8 Å². The standard InChI is InChI=1S/C12H11F2N3O/c13-9-4-7-3-8(12(18)16-2-1-15)6-17-11(7)10(14)5-9/h3-6H,1-2,15H2,(H,16,18). The first-order valence-corrected chi connectivity index (χ1v) is 5.35. The van der Waals surface area contributed by atoms with Crippen molar-refractivity contribution in [2.45, 2.75) is 0 Å². The predicted molar refractivity (Wildman–Crippen MR) is 63.0 cm³/mol. The van der Waals surface area contributed by atoms with E-state index >= 15 is 0 Å². The molecule has 0 aliphatic heterocycles. The summed E-state index contributed by atoms with van der Waals surface area (Å²) >= 11 is 0. The van der Waals surface area contributed by atoms with Crippen molar-refractivity contribution in [3.8, 4) is 0 Å². The average Bonchev–Trinajstić information content (AvgIpc) is 2.34. The molecule has 0 aliphatic carbocycles. The van der Waals surface area contributed by atoms with E-state index in [0.717, 1.165) is 12.1 Å². The first-order chi connectivity index (χ1) is 8.61. The van der Waals surface area contributed by atoms with Crippen LogP contribution in [0.25, 0.3) is 10.9 Å². The van der Waals surface area contributed by atoms with E-state index in [9.17, 15) is 13.6 Å². The maximum Gasteiger partial charge on any atom is 0.252 e. The highest BCUT2D eigenvalue weighted by Crippen LogP contribution is 2.18. The van der Waals surface area contributed by atoms with Crippen LogP contribution < -0.4 is 11.1 Å². The normalized spacial score (nSPS) is 10.6. The number of hydrogen-bond donors (Lipinski definition) is 2. The minimum absolute atomic E-state index is 0.0341. The Kier molecular flexibility index (Phi) is 3.47. The van der Waals surface area contributed by atoms with Crippen LogP contribution >= 0.6 is 0 Å². The van der Waals surface area contributed by atoms with E-state index in [4.69, 9.17) is 5.73 Å². The quantitative estimate of drug-likeness (QED) is 0.861. The molecule has 0 unspecified atom stereocenters. The van der Waals surface area contributed by atoms with Crippen LogP contribution in [-0.2, 0) is 0 Å². The molecule has 0 bridgehead atoms. The summed E-state index contributed by atoms with van der Waals surface area (Å²) in [6, 6.07) is 3.27. The van der Waals surface area contributed by atoms with E-state index in [2.05, 4.69) is 10.3 Å². The highest BCUT2D eigenvalue weighted by atomic mass is 19.1. The van der Waals surface area contributed by atoms with Gasteiger partial charge < -0.3 is 11.1 Å². The number of fused-ring (bicyclic) bond motifs is 1. The zero-order valence-electron chi connectivity index (χ0n) is 9.41. The molecule has 18 heavy (non-hydrogen) atoms. The maximum atomic E-state index is 13.4. The summed E-state index contributed by atoms with van der Waals surface area (Å²) in [6.45, 7) is 0.643. The molecule has 0 atom stereocenters. The number of nitrogens with two attached hydrogens (primary N) is 1. The first kappa shape index (κ1) is 12.4. The van der Waals surface area contributed by atoms with Crippen molar-refractivity contribution < 1.29 is 13.6 Å². The second-order valence-electron chi connectivity index (χ2n) is 3.73. The smallest absolute Gasteiger partial charge is 0.252 e.